The van der Waals surface area contributed by atoms with Crippen molar-refractivity contribution in [2.75, 3.05) is 13.2 Å². The van der Waals surface area contributed by atoms with Gasteiger partial charge in [-0.25, -0.2) is 18.4 Å². The molecule has 0 spiro atoms. The van der Waals surface area contributed by atoms with Gasteiger partial charge in [-0.2, -0.15) is 10.2 Å². The first-order valence-corrected chi connectivity index (χ1v) is 14.5. The number of hydrogen-bond donors (Lipinski definition) is 1. The lowest BCUT2D eigenvalue weighted by Crippen LogP contribution is -2.52. The van der Waals surface area contributed by atoms with Gasteiger partial charge in [-0.1, -0.05) is 30.0 Å². The fourth-order valence-electron chi connectivity index (χ4n) is 5.13. The second-order valence-corrected chi connectivity index (χ2v) is 12.7. The maximum atomic E-state index is 15.3. The number of β-amino-alcohol motifs (C(OH)–C–C–N with tert-alkyl or cyclic N) is 1. The Morgan fingerprint density at radius 2 is 1.84 bits per heavy atom. The van der Waals surface area contributed by atoms with E-state index in [1.165, 1.54) is 42.1 Å². The first kappa shape index (κ1) is 31.0. The Morgan fingerprint density at radius 1 is 1.09 bits per heavy atom. The van der Waals surface area contributed by atoms with Crippen LogP contribution in [0.2, 0.25) is 0 Å². The predicted octanol–water partition coefficient (Wildman–Crippen LogP) is 4.35. The molecule has 44 heavy (non-hydrogen) atoms. The van der Waals surface area contributed by atoms with Gasteiger partial charge >= 0.3 is 5.97 Å². The van der Waals surface area contributed by atoms with Crippen molar-refractivity contribution in [3.63, 3.8) is 0 Å². The Labute approximate surface area is 257 Å². The average molecular weight is 623 g/mol. The van der Waals surface area contributed by atoms with Gasteiger partial charge in [-0.05, 0) is 62.6 Å². The van der Waals surface area contributed by atoms with E-state index in [1.54, 1.807) is 37.3 Å². The van der Waals surface area contributed by atoms with Gasteiger partial charge in [0.2, 0.25) is 0 Å². The van der Waals surface area contributed by atoms with Crippen LogP contribution in [0.3, 0.4) is 0 Å². The fourth-order valence-corrected chi connectivity index (χ4v) is 6.22. The Kier molecular flexibility index (Phi) is 8.66. The number of thioether (sulfide) groups is 1. The summed E-state index contributed by atoms with van der Waals surface area (Å²) < 4.78 is 34.9. The number of hydrogen-bond acceptors (Lipinski definition) is 11. The summed E-state index contributed by atoms with van der Waals surface area (Å²) in [5.74, 6) is -0.991. The van der Waals surface area contributed by atoms with Crippen molar-refractivity contribution in [3.05, 3.63) is 89.0 Å². The summed E-state index contributed by atoms with van der Waals surface area (Å²) in [7, 11) is 0. The van der Waals surface area contributed by atoms with Crippen LogP contribution in [0.4, 0.5) is 8.78 Å². The molecule has 0 aliphatic carbocycles. The zero-order valence-electron chi connectivity index (χ0n) is 24.9. The van der Waals surface area contributed by atoms with Gasteiger partial charge < -0.3 is 14.7 Å². The molecule has 1 atom stereocenters. The minimum atomic E-state index is -1.85. The molecule has 0 saturated carbocycles. The maximum absolute atomic E-state index is 15.3. The van der Waals surface area contributed by atoms with E-state index in [2.05, 4.69) is 25.4 Å². The van der Waals surface area contributed by atoms with Crippen LogP contribution in [-0.4, -0.2) is 70.2 Å². The van der Waals surface area contributed by atoms with E-state index in [0.717, 1.165) is 28.8 Å². The minimum Gasteiger partial charge on any atom is -0.426 e. The molecule has 0 bridgehead atoms. The Balaban J connectivity index is 1.36. The normalized spacial score (nSPS) is 14.6. The van der Waals surface area contributed by atoms with E-state index in [-0.39, 0.29) is 18.1 Å². The second-order valence-electron chi connectivity index (χ2n) is 11.1. The Morgan fingerprint density at radius 3 is 2.45 bits per heavy atom. The van der Waals surface area contributed by atoms with E-state index in [4.69, 9.17) is 4.74 Å². The number of aliphatic hydroxyl groups is 1. The van der Waals surface area contributed by atoms with Crippen LogP contribution < -0.4 is 4.74 Å². The number of carbonyl (C=O) groups is 1. The molecule has 4 aromatic rings. The third-order valence-corrected chi connectivity index (χ3v) is 8.57. The van der Waals surface area contributed by atoms with Gasteiger partial charge in [-0.3, -0.25) is 9.80 Å². The van der Waals surface area contributed by atoms with Gasteiger partial charge in [0.25, 0.3) is 0 Å². The largest absolute Gasteiger partial charge is 0.426 e. The third kappa shape index (κ3) is 6.55. The lowest BCUT2D eigenvalue weighted by Gasteiger charge is -2.44. The molecule has 2 aromatic carbocycles. The molecule has 1 aliphatic rings. The zero-order chi connectivity index (χ0) is 31.6. The number of rotatable bonds is 10. The van der Waals surface area contributed by atoms with Crippen LogP contribution in [0.5, 0.6) is 5.75 Å². The number of ether oxygens (including phenoxy) is 1. The van der Waals surface area contributed by atoms with Crippen molar-refractivity contribution in [2.45, 2.75) is 56.5 Å². The minimum absolute atomic E-state index is 0.0652. The van der Waals surface area contributed by atoms with Gasteiger partial charge in [0.05, 0.1) is 11.3 Å². The quantitative estimate of drug-likeness (QED) is 0.155. The number of nitrogens with zero attached hydrogens (tertiary/aromatic N) is 8. The maximum Gasteiger partial charge on any atom is 0.308 e. The summed E-state index contributed by atoms with van der Waals surface area (Å²) in [5, 5.41) is 31.4. The number of hydrazone groups is 1. The number of aryl methyl sites for hydroxylation is 2. The lowest BCUT2D eigenvalue weighted by molar-refractivity contribution is -0.131. The molecule has 0 saturated heterocycles. The van der Waals surface area contributed by atoms with Crippen molar-refractivity contribution in [1.82, 2.24) is 34.9 Å². The molecule has 230 valence electrons. The van der Waals surface area contributed by atoms with Crippen LogP contribution in [0.15, 0.2) is 65.2 Å². The predicted molar refractivity (Wildman–Crippen MR) is 160 cm³/mol. The van der Waals surface area contributed by atoms with Crippen LogP contribution in [0.25, 0.3) is 5.82 Å². The first-order chi connectivity index (χ1) is 20.8. The number of benzene rings is 2. The Hall–Kier alpha value is -4.43. The molecule has 0 fully saturated rings. The molecule has 1 N–H and O–H groups in total. The molecule has 11 nitrogen and oxygen atoms in total. The van der Waals surface area contributed by atoms with Crippen molar-refractivity contribution >= 4 is 24.1 Å². The summed E-state index contributed by atoms with van der Waals surface area (Å²) in [6.07, 6.45) is 4.54. The SMILES string of the molecule is CC(=O)Oc1c(C)cc(CN2C=NN(C[C@](O)(c3ccc(F)cc3F)C(C)(C)Sc3ccc(-n4cncn4)nn3)C2)cc1C. The molecule has 5 rings (SSSR count). The molecule has 1 aliphatic heterocycles. The third-order valence-electron chi connectivity index (χ3n) is 7.30. The molecule has 0 unspecified atom stereocenters. The molecular formula is C30H32F2N8O3S. The van der Waals surface area contributed by atoms with Crippen LogP contribution in [0, 0.1) is 25.5 Å². The summed E-state index contributed by atoms with van der Waals surface area (Å²) in [6.45, 7) is 9.36. The zero-order valence-corrected chi connectivity index (χ0v) is 25.7. The van der Waals surface area contributed by atoms with Crippen molar-refractivity contribution in [3.8, 4) is 11.6 Å². The van der Waals surface area contributed by atoms with Gasteiger partial charge in [0.1, 0.15) is 53.7 Å². The molecule has 0 amide bonds. The fraction of sp³-hybridized carbons (Fsp3) is 0.333. The monoisotopic (exact) mass is 622 g/mol. The van der Waals surface area contributed by atoms with Crippen molar-refractivity contribution < 1.29 is 23.4 Å². The van der Waals surface area contributed by atoms with E-state index in [9.17, 15) is 14.3 Å². The van der Waals surface area contributed by atoms with Crippen molar-refractivity contribution in [1.29, 1.82) is 0 Å². The molecule has 2 aromatic heterocycles. The number of esters is 1. The molecule has 0 radical (unpaired) electrons. The smallest absolute Gasteiger partial charge is 0.308 e. The second kappa shape index (κ2) is 12.3. The van der Waals surface area contributed by atoms with Crippen LogP contribution in [-0.2, 0) is 16.9 Å². The van der Waals surface area contributed by atoms with Gasteiger partial charge in [0, 0.05) is 25.1 Å². The molecule has 14 heteroatoms. The topological polar surface area (TPSA) is 122 Å². The summed E-state index contributed by atoms with van der Waals surface area (Å²) in [4.78, 5) is 17.3. The number of halogens is 2. The first-order valence-electron chi connectivity index (χ1n) is 13.7. The highest BCUT2D eigenvalue weighted by Crippen LogP contribution is 2.47. The molecular weight excluding hydrogens is 590 g/mol. The van der Waals surface area contributed by atoms with Gasteiger partial charge in [-0.15, -0.1) is 10.2 Å². The lowest BCUT2D eigenvalue weighted by atomic mass is 9.82. The molecule has 3 heterocycles. The summed E-state index contributed by atoms with van der Waals surface area (Å²) in [5.41, 5.74) is 0.729. The van der Waals surface area contributed by atoms with Crippen LogP contribution in [0.1, 0.15) is 43.0 Å². The van der Waals surface area contributed by atoms with E-state index in [0.29, 0.717) is 29.8 Å². The number of carbonyl (C=O) groups excluding carboxylic acids is 1. The summed E-state index contributed by atoms with van der Waals surface area (Å²) >= 11 is 1.20. The highest BCUT2D eigenvalue weighted by atomic mass is 32.2. The standard InChI is InChI=1S/C30H32F2N8O3S/c1-19-10-22(11-20(2)28(19)43-21(3)41)13-38-17-35-39(18-38)14-30(42,24-7-6-23(31)12-25(24)32)29(4,5)44-27-9-8-26(36-37-27)40-16-33-15-34-40/h6-12,15-17,42H,13-14,18H2,1-5H3/t30-/m0/s1. The van der Waals surface area contributed by atoms with Crippen molar-refractivity contribution in [2.24, 2.45) is 5.10 Å². The van der Waals surface area contributed by atoms with Crippen LogP contribution >= 0.6 is 11.8 Å². The van der Waals surface area contributed by atoms with E-state index >= 15 is 4.39 Å². The number of aromatic nitrogens is 5. The Bertz CT molecular complexity index is 1660. The summed E-state index contributed by atoms with van der Waals surface area (Å²) in [6, 6.07) is 10.5. The van der Waals surface area contributed by atoms with Gasteiger partial charge in [0.15, 0.2) is 5.82 Å². The highest BCUT2D eigenvalue weighted by Gasteiger charge is 2.49. The van der Waals surface area contributed by atoms with E-state index in [1.807, 2.05) is 30.9 Å². The average Bonchev–Trinajstić information content (AvgIpc) is 3.63. The highest BCUT2D eigenvalue weighted by molar-refractivity contribution is 8.00. The van der Waals surface area contributed by atoms with E-state index < -0.39 is 22.0 Å².